The molecule has 0 radical (unpaired) electrons. The molecule has 0 saturated carbocycles. The first-order chi connectivity index (χ1) is 6.79. The van der Waals surface area contributed by atoms with E-state index < -0.39 is 0 Å². The van der Waals surface area contributed by atoms with Gasteiger partial charge in [-0.05, 0) is 42.0 Å². The monoisotopic (exact) mass is 207 g/mol. The predicted octanol–water partition coefficient (Wildman–Crippen LogP) is 3.11. The van der Waals surface area contributed by atoms with E-state index in [0.29, 0.717) is 12.0 Å². The standard InChI is InChI=1S/C12H14ClN/c1-7-8-5-6-14-12(7)11-9(8)3-2-4-10(11)13/h2-4,7-8,12,14H,5-6H2,1H3. The minimum atomic E-state index is 0.498. The fraction of sp³-hybridized carbons (Fsp3) is 0.500. The summed E-state index contributed by atoms with van der Waals surface area (Å²) in [4.78, 5) is 0. The Balaban J connectivity index is 2.21. The molecule has 3 rings (SSSR count). The summed E-state index contributed by atoms with van der Waals surface area (Å²) in [6.45, 7) is 3.46. The number of fused-ring (bicyclic) bond motifs is 5. The molecule has 1 heterocycles. The van der Waals surface area contributed by atoms with E-state index in [1.807, 2.05) is 6.07 Å². The third-order valence-corrected chi connectivity index (χ3v) is 4.11. The summed E-state index contributed by atoms with van der Waals surface area (Å²) in [5.74, 6) is 1.44. The number of piperidine rings is 1. The first kappa shape index (κ1) is 8.75. The first-order valence-electron chi connectivity index (χ1n) is 5.30. The van der Waals surface area contributed by atoms with Crippen LogP contribution in [-0.2, 0) is 0 Å². The van der Waals surface area contributed by atoms with Gasteiger partial charge in [0.1, 0.15) is 0 Å². The Bertz CT molecular complexity index is 375. The molecule has 2 bridgehead atoms. The van der Waals surface area contributed by atoms with E-state index in [9.17, 15) is 0 Å². The van der Waals surface area contributed by atoms with Gasteiger partial charge in [0.05, 0.1) is 0 Å². The van der Waals surface area contributed by atoms with Crippen LogP contribution in [0.1, 0.15) is 36.4 Å². The summed E-state index contributed by atoms with van der Waals surface area (Å²) in [7, 11) is 0. The highest BCUT2D eigenvalue weighted by atomic mass is 35.5. The molecule has 1 aromatic rings. The molecule has 1 aliphatic carbocycles. The van der Waals surface area contributed by atoms with Crippen LogP contribution in [0.15, 0.2) is 18.2 Å². The van der Waals surface area contributed by atoms with Crippen LogP contribution >= 0.6 is 11.6 Å². The number of hydrogen-bond donors (Lipinski definition) is 1. The highest BCUT2D eigenvalue weighted by Gasteiger charge is 2.41. The van der Waals surface area contributed by atoms with Crippen molar-refractivity contribution in [1.82, 2.24) is 5.32 Å². The van der Waals surface area contributed by atoms with Crippen molar-refractivity contribution in [3.63, 3.8) is 0 Å². The highest BCUT2D eigenvalue weighted by Crippen LogP contribution is 2.51. The van der Waals surface area contributed by atoms with Gasteiger partial charge in [-0.3, -0.25) is 0 Å². The van der Waals surface area contributed by atoms with Crippen molar-refractivity contribution in [2.75, 3.05) is 6.54 Å². The molecular weight excluding hydrogens is 194 g/mol. The van der Waals surface area contributed by atoms with Crippen molar-refractivity contribution in [3.05, 3.63) is 34.3 Å². The van der Waals surface area contributed by atoms with Crippen LogP contribution in [0, 0.1) is 5.92 Å². The summed E-state index contributed by atoms with van der Waals surface area (Å²) in [6.07, 6.45) is 1.25. The molecule has 1 nitrogen and oxygen atoms in total. The van der Waals surface area contributed by atoms with Crippen LogP contribution in [0.5, 0.6) is 0 Å². The van der Waals surface area contributed by atoms with Crippen molar-refractivity contribution in [1.29, 1.82) is 0 Å². The largest absolute Gasteiger partial charge is 0.310 e. The summed E-state index contributed by atoms with van der Waals surface area (Å²) in [5.41, 5.74) is 2.85. The van der Waals surface area contributed by atoms with Crippen molar-refractivity contribution < 1.29 is 0 Å². The number of benzene rings is 1. The van der Waals surface area contributed by atoms with Gasteiger partial charge in [-0.25, -0.2) is 0 Å². The van der Waals surface area contributed by atoms with Crippen molar-refractivity contribution >= 4 is 11.6 Å². The third kappa shape index (κ3) is 0.999. The average Bonchev–Trinajstić information content (AvgIpc) is 2.35. The lowest BCUT2D eigenvalue weighted by molar-refractivity contribution is 0.300. The molecular formula is C12H14ClN. The molecule has 0 spiro atoms. The van der Waals surface area contributed by atoms with Crippen molar-refractivity contribution in [2.45, 2.75) is 25.3 Å². The first-order valence-corrected chi connectivity index (χ1v) is 5.68. The van der Waals surface area contributed by atoms with Crippen LogP contribution in [-0.4, -0.2) is 6.54 Å². The molecule has 74 valence electrons. The van der Waals surface area contributed by atoms with Gasteiger partial charge in [0.25, 0.3) is 0 Å². The lowest BCUT2D eigenvalue weighted by Gasteiger charge is -2.28. The quantitative estimate of drug-likeness (QED) is 0.690. The summed E-state index contributed by atoms with van der Waals surface area (Å²) in [5, 5.41) is 4.51. The van der Waals surface area contributed by atoms with Gasteiger partial charge in [-0.15, -0.1) is 0 Å². The number of hydrogen-bond acceptors (Lipinski definition) is 1. The number of nitrogens with one attached hydrogen (secondary N) is 1. The van der Waals surface area contributed by atoms with Crippen LogP contribution in [0.4, 0.5) is 0 Å². The second-order valence-electron chi connectivity index (χ2n) is 4.43. The molecule has 2 aliphatic rings. The zero-order valence-electron chi connectivity index (χ0n) is 8.26. The van der Waals surface area contributed by atoms with E-state index in [0.717, 1.165) is 17.5 Å². The van der Waals surface area contributed by atoms with Gasteiger partial charge in [0.2, 0.25) is 0 Å². The smallest absolute Gasteiger partial charge is 0.0456 e. The Morgan fingerprint density at radius 2 is 2.29 bits per heavy atom. The van der Waals surface area contributed by atoms with Crippen LogP contribution in [0.25, 0.3) is 0 Å². The molecule has 0 amide bonds. The van der Waals surface area contributed by atoms with Crippen molar-refractivity contribution in [2.24, 2.45) is 5.92 Å². The zero-order chi connectivity index (χ0) is 9.71. The topological polar surface area (TPSA) is 12.0 Å². The Morgan fingerprint density at radius 3 is 3.14 bits per heavy atom. The van der Waals surface area contributed by atoms with E-state index >= 15 is 0 Å². The Labute approximate surface area is 89.5 Å². The maximum Gasteiger partial charge on any atom is 0.0456 e. The maximum absolute atomic E-state index is 6.26. The molecule has 1 aliphatic heterocycles. The Kier molecular flexibility index (Phi) is 1.86. The van der Waals surface area contributed by atoms with Crippen molar-refractivity contribution in [3.8, 4) is 0 Å². The molecule has 3 atom stereocenters. The van der Waals surface area contributed by atoms with Gasteiger partial charge in [-0.2, -0.15) is 0 Å². The highest BCUT2D eigenvalue weighted by molar-refractivity contribution is 6.31. The van der Waals surface area contributed by atoms with E-state index in [2.05, 4.69) is 24.4 Å². The fourth-order valence-electron chi connectivity index (χ4n) is 3.08. The lowest BCUT2D eigenvalue weighted by Crippen LogP contribution is -2.31. The molecule has 1 fully saturated rings. The average molecular weight is 208 g/mol. The van der Waals surface area contributed by atoms with Crippen LogP contribution < -0.4 is 5.32 Å². The van der Waals surface area contributed by atoms with Gasteiger partial charge in [0, 0.05) is 11.1 Å². The van der Waals surface area contributed by atoms with E-state index in [1.165, 1.54) is 17.5 Å². The van der Waals surface area contributed by atoms with Crippen LogP contribution in [0.2, 0.25) is 5.02 Å². The number of halogens is 1. The normalized spacial score (nSPS) is 34.3. The second kappa shape index (κ2) is 2.98. The molecule has 3 unspecified atom stereocenters. The van der Waals surface area contributed by atoms with Gasteiger partial charge in [0.15, 0.2) is 0 Å². The molecule has 14 heavy (non-hydrogen) atoms. The van der Waals surface area contributed by atoms with E-state index in [1.54, 1.807) is 0 Å². The third-order valence-electron chi connectivity index (χ3n) is 3.78. The Morgan fingerprint density at radius 1 is 1.43 bits per heavy atom. The maximum atomic E-state index is 6.26. The second-order valence-corrected chi connectivity index (χ2v) is 4.84. The summed E-state index contributed by atoms with van der Waals surface area (Å²) >= 11 is 6.26. The zero-order valence-corrected chi connectivity index (χ0v) is 9.01. The number of rotatable bonds is 0. The van der Waals surface area contributed by atoms with Crippen LogP contribution in [0.3, 0.4) is 0 Å². The fourth-order valence-corrected chi connectivity index (χ4v) is 3.38. The minimum absolute atomic E-state index is 0.498. The molecule has 0 aromatic heterocycles. The summed E-state index contributed by atoms with van der Waals surface area (Å²) in [6, 6.07) is 6.83. The van der Waals surface area contributed by atoms with Gasteiger partial charge in [-0.1, -0.05) is 30.7 Å². The Hall–Kier alpha value is -0.530. The SMILES string of the molecule is CC1C2CCNC1c1c(Cl)cccc12. The molecule has 2 heteroatoms. The predicted molar refractivity (Wildman–Crippen MR) is 58.7 cm³/mol. The molecule has 1 aromatic carbocycles. The summed E-state index contributed by atoms with van der Waals surface area (Å²) < 4.78 is 0. The lowest BCUT2D eigenvalue weighted by atomic mass is 9.87. The van der Waals surface area contributed by atoms with E-state index in [-0.39, 0.29) is 0 Å². The molecule has 1 N–H and O–H groups in total. The minimum Gasteiger partial charge on any atom is -0.310 e. The van der Waals surface area contributed by atoms with Gasteiger partial charge >= 0.3 is 0 Å². The van der Waals surface area contributed by atoms with Gasteiger partial charge < -0.3 is 5.32 Å². The van der Waals surface area contributed by atoms with E-state index in [4.69, 9.17) is 11.6 Å². The molecule has 1 saturated heterocycles.